The van der Waals surface area contributed by atoms with E-state index in [0.29, 0.717) is 22.8 Å². The highest BCUT2D eigenvalue weighted by Crippen LogP contribution is 2.24. The first-order valence-corrected chi connectivity index (χ1v) is 11.7. The minimum absolute atomic E-state index is 0.237. The topological polar surface area (TPSA) is 103 Å². The number of benzene rings is 1. The summed E-state index contributed by atoms with van der Waals surface area (Å²) >= 11 is 0. The number of pyridine rings is 1. The van der Waals surface area contributed by atoms with Gasteiger partial charge in [-0.3, -0.25) is 14.6 Å². The van der Waals surface area contributed by atoms with E-state index in [1.165, 1.54) is 12.0 Å². The first-order valence-electron chi connectivity index (χ1n) is 11.7. The van der Waals surface area contributed by atoms with Crippen molar-refractivity contribution in [3.63, 3.8) is 0 Å². The van der Waals surface area contributed by atoms with Crippen molar-refractivity contribution < 1.29 is 28.6 Å². The largest absolute Gasteiger partial charge is 0.494 e. The maximum absolute atomic E-state index is 13.6. The fraction of sp³-hybridized carbons (Fsp3) is 0.385. The van der Waals surface area contributed by atoms with Crippen LogP contribution in [-0.2, 0) is 14.3 Å². The lowest BCUT2D eigenvalue weighted by molar-refractivity contribution is -0.126. The number of hydrogen-bond donors (Lipinski definition) is 0. The van der Waals surface area contributed by atoms with Crippen molar-refractivity contribution in [3.05, 3.63) is 60.4 Å². The summed E-state index contributed by atoms with van der Waals surface area (Å²) < 4.78 is 17.8. The summed E-state index contributed by atoms with van der Waals surface area (Å²) in [6, 6.07) is 11.8. The van der Waals surface area contributed by atoms with Crippen LogP contribution in [0.4, 0.5) is 10.6 Å². The number of piperazine rings is 1. The summed E-state index contributed by atoms with van der Waals surface area (Å²) in [4.78, 5) is 46.0. The van der Waals surface area contributed by atoms with Gasteiger partial charge >= 0.3 is 12.1 Å². The van der Waals surface area contributed by atoms with Crippen LogP contribution in [0.25, 0.3) is 5.65 Å². The predicted molar refractivity (Wildman–Crippen MR) is 132 cm³/mol. The van der Waals surface area contributed by atoms with Crippen LogP contribution in [0.5, 0.6) is 5.75 Å². The van der Waals surface area contributed by atoms with Crippen molar-refractivity contribution >= 4 is 29.4 Å². The third-order valence-corrected chi connectivity index (χ3v) is 5.66. The van der Waals surface area contributed by atoms with Crippen LogP contribution in [0.3, 0.4) is 0 Å². The van der Waals surface area contributed by atoms with Crippen LogP contribution >= 0.6 is 0 Å². The van der Waals surface area contributed by atoms with E-state index in [4.69, 9.17) is 14.2 Å². The number of rotatable bonds is 6. The predicted octanol–water partition coefficient (Wildman–Crippen LogP) is 3.54. The number of para-hydroxylation sites is 1. The van der Waals surface area contributed by atoms with E-state index in [1.807, 2.05) is 30.3 Å². The summed E-state index contributed by atoms with van der Waals surface area (Å²) in [5, 5.41) is 0. The van der Waals surface area contributed by atoms with Crippen molar-refractivity contribution in [1.29, 1.82) is 0 Å². The van der Waals surface area contributed by atoms with E-state index in [-0.39, 0.29) is 32.0 Å². The lowest BCUT2D eigenvalue weighted by Gasteiger charge is -2.40. The molecule has 1 saturated heterocycles. The highest BCUT2D eigenvalue weighted by Gasteiger charge is 2.40. The maximum Gasteiger partial charge on any atom is 0.411 e. The van der Waals surface area contributed by atoms with E-state index < -0.39 is 23.7 Å². The third-order valence-electron chi connectivity index (χ3n) is 5.66. The molecule has 36 heavy (non-hydrogen) atoms. The van der Waals surface area contributed by atoms with Crippen LogP contribution in [0.2, 0.25) is 0 Å². The van der Waals surface area contributed by atoms with Crippen molar-refractivity contribution in [1.82, 2.24) is 14.3 Å². The Labute approximate surface area is 209 Å². The Morgan fingerprint density at radius 3 is 2.50 bits per heavy atom. The summed E-state index contributed by atoms with van der Waals surface area (Å²) in [6.07, 6.45) is 3.02. The number of carbonyl (C=O) groups excluding carboxylic acids is 3. The van der Waals surface area contributed by atoms with Crippen LogP contribution < -0.4 is 9.64 Å². The Hall–Kier alpha value is -4.08. The third kappa shape index (κ3) is 5.59. The molecule has 0 spiro atoms. The molecule has 10 heteroatoms. The molecular weight excluding hydrogens is 464 g/mol. The molecule has 1 aromatic carbocycles. The van der Waals surface area contributed by atoms with Gasteiger partial charge < -0.3 is 18.6 Å². The molecule has 1 aliphatic heterocycles. The number of ether oxygens (including phenoxy) is 3. The number of fused-ring (bicyclic) bond motifs is 1. The van der Waals surface area contributed by atoms with Gasteiger partial charge in [0, 0.05) is 25.7 Å². The number of carbonyl (C=O) groups is 3. The van der Waals surface area contributed by atoms with Crippen LogP contribution in [0.1, 0.15) is 37.6 Å². The van der Waals surface area contributed by atoms with E-state index in [0.717, 1.165) is 0 Å². The van der Waals surface area contributed by atoms with E-state index in [9.17, 15) is 14.4 Å². The SMILES string of the molecule is COC(=O)c1ccc2nc(N3CCN(C(=O)OC(C)(C)C)C(CCOc4ccccc4)C3=O)cn2c1. The zero-order chi connectivity index (χ0) is 25.9. The second-order valence-corrected chi connectivity index (χ2v) is 9.40. The van der Waals surface area contributed by atoms with Crippen molar-refractivity contribution in [2.75, 3.05) is 31.7 Å². The zero-order valence-electron chi connectivity index (χ0n) is 20.8. The highest BCUT2D eigenvalue weighted by atomic mass is 16.6. The first kappa shape index (κ1) is 25.0. The Kier molecular flexibility index (Phi) is 7.14. The number of imidazole rings is 1. The average Bonchev–Trinajstić information content (AvgIpc) is 3.27. The van der Waals surface area contributed by atoms with Gasteiger partial charge in [0.15, 0.2) is 5.82 Å². The van der Waals surface area contributed by atoms with Gasteiger partial charge in [0.05, 0.1) is 25.5 Å². The molecule has 1 fully saturated rings. The number of nitrogens with zero attached hydrogens (tertiary/aromatic N) is 4. The van der Waals surface area contributed by atoms with Gasteiger partial charge in [0.25, 0.3) is 5.91 Å². The van der Waals surface area contributed by atoms with Gasteiger partial charge in [-0.2, -0.15) is 0 Å². The van der Waals surface area contributed by atoms with Crippen LogP contribution in [-0.4, -0.2) is 70.7 Å². The number of esters is 1. The minimum atomic E-state index is -0.784. The second-order valence-electron chi connectivity index (χ2n) is 9.40. The van der Waals surface area contributed by atoms with Crippen molar-refractivity contribution in [3.8, 4) is 5.75 Å². The second kappa shape index (κ2) is 10.3. The summed E-state index contributed by atoms with van der Waals surface area (Å²) in [7, 11) is 1.32. The van der Waals surface area contributed by atoms with Gasteiger partial charge in [-0.1, -0.05) is 18.2 Å². The van der Waals surface area contributed by atoms with E-state index >= 15 is 0 Å². The first-order chi connectivity index (χ1) is 17.2. The summed E-state index contributed by atoms with van der Waals surface area (Å²) in [6.45, 7) is 6.13. The Morgan fingerprint density at radius 1 is 1.06 bits per heavy atom. The highest BCUT2D eigenvalue weighted by molar-refractivity contribution is 5.99. The van der Waals surface area contributed by atoms with Gasteiger partial charge in [0.1, 0.15) is 23.0 Å². The van der Waals surface area contributed by atoms with Gasteiger partial charge in [-0.15, -0.1) is 0 Å². The van der Waals surface area contributed by atoms with Crippen LogP contribution in [0.15, 0.2) is 54.9 Å². The maximum atomic E-state index is 13.6. The molecule has 10 nitrogen and oxygen atoms in total. The van der Waals surface area contributed by atoms with E-state index in [2.05, 4.69) is 4.98 Å². The number of aromatic nitrogens is 2. The van der Waals surface area contributed by atoms with Crippen molar-refractivity contribution in [2.24, 2.45) is 0 Å². The lowest BCUT2D eigenvalue weighted by atomic mass is 10.1. The molecule has 1 unspecified atom stereocenters. The molecule has 2 amide bonds. The molecule has 4 rings (SSSR count). The molecule has 1 atom stereocenters. The standard InChI is InChI=1S/C26H30N4O6/c1-26(2,3)36-25(33)29-13-14-30(23(31)20(29)12-15-35-19-8-6-5-7-9-19)22-17-28-16-18(24(32)34-4)10-11-21(28)27-22/h5-11,16-17,20H,12-15H2,1-4H3. The number of hydrogen-bond acceptors (Lipinski definition) is 7. The molecule has 0 radical (unpaired) electrons. The van der Waals surface area contributed by atoms with E-state index in [1.54, 1.807) is 54.6 Å². The number of amides is 2. The molecule has 0 bridgehead atoms. The van der Waals surface area contributed by atoms with Crippen molar-refractivity contribution in [2.45, 2.75) is 38.8 Å². The molecule has 0 N–H and O–H groups in total. The summed E-state index contributed by atoms with van der Waals surface area (Å²) in [5.41, 5.74) is 0.247. The Morgan fingerprint density at radius 2 is 1.81 bits per heavy atom. The van der Waals surface area contributed by atoms with Gasteiger partial charge in [-0.25, -0.2) is 14.6 Å². The molecule has 0 saturated carbocycles. The Bertz CT molecular complexity index is 1250. The fourth-order valence-electron chi connectivity index (χ4n) is 3.99. The smallest absolute Gasteiger partial charge is 0.411 e. The molecule has 1 aliphatic rings. The molecule has 190 valence electrons. The summed E-state index contributed by atoms with van der Waals surface area (Å²) in [5.74, 6) is 0.371. The fourth-order valence-corrected chi connectivity index (χ4v) is 3.99. The normalized spacial score (nSPS) is 16.2. The lowest BCUT2D eigenvalue weighted by Crippen LogP contribution is -2.60. The van der Waals surface area contributed by atoms with Gasteiger partial charge in [-0.05, 0) is 45.0 Å². The average molecular weight is 495 g/mol. The monoisotopic (exact) mass is 494 g/mol. The van der Waals surface area contributed by atoms with Gasteiger partial charge in [0.2, 0.25) is 0 Å². The van der Waals surface area contributed by atoms with Crippen LogP contribution in [0, 0.1) is 0 Å². The molecular formula is C26H30N4O6. The Balaban J connectivity index is 1.56. The molecule has 2 aromatic heterocycles. The molecule has 0 aliphatic carbocycles. The molecule has 3 aromatic rings. The quantitative estimate of drug-likeness (QED) is 0.483. The number of methoxy groups -OCH3 is 1. The molecule has 3 heterocycles. The minimum Gasteiger partial charge on any atom is -0.494 e. The number of anilines is 1. The zero-order valence-corrected chi connectivity index (χ0v) is 20.8.